The maximum Gasteiger partial charge on any atom is 0.331 e. The molecule has 0 aliphatic heterocycles. The van der Waals surface area contributed by atoms with Crippen LogP contribution in [0.4, 0.5) is 0 Å². The number of aromatic nitrogens is 2. The third-order valence-corrected chi connectivity index (χ3v) is 4.71. The summed E-state index contributed by atoms with van der Waals surface area (Å²) >= 11 is 1.32. The fourth-order valence-corrected chi connectivity index (χ4v) is 3.16. The summed E-state index contributed by atoms with van der Waals surface area (Å²) < 4.78 is 7.01. The zero-order valence-electron chi connectivity index (χ0n) is 14.7. The Labute approximate surface area is 152 Å². The summed E-state index contributed by atoms with van der Waals surface area (Å²) in [6, 6.07) is 9.56. The van der Waals surface area contributed by atoms with E-state index in [0.717, 1.165) is 10.7 Å². The Hall–Kier alpha value is -2.28. The fraction of sp³-hybridized carbons (Fsp3) is 0.389. The maximum atomic E-state index is 12.4. The second kappa shape index (κ2) is 8.71. The van der Waals surface area contributed by atoms with Crippen molar-refractivity contribution in [3.05, 3.63) is 48.3 Å². The predicted octanol–water partition coefficient (Wildman–Crippen LogP) is 2.19. The lowest BCUT2D eigenvalue weighted by atomic mass is 9.92. The molecule has 0 saturated carbocycles. The normalized spacial score (nSPS) is 13.1. The third kappa shape index (κ3) is 5.35. The molecule has 2 rings (SSSR count). The van der Waals surface area contributed by atoms with Crippen molar-refractivity contribution in [1.82, 2.24) is 14.9 Å². The number of nitrogens with one attached hydrogen (secondary N) is 1. The quantitative estimate of drug-likeness (QED) is 0.576. The second-order valence-electron chi connectivity index (χ2n) is 5.87. The van der Waals surface area contributed by atoms with E-state index in [0.29, 0.717) is 6.42 Å². The third-order valence-electron chi connectivity index (χ3n) is 3.65. The van der Waals surface area contributed by atoms with Gasteiger partial charge in [-0.2, -0.15) is 0 Å². The van der Waals surface area contributed by atoms with Crippen LogP contribution in [0, 0.1) is 0 Å². The Kier molecular flexibility index (Phi) is 6.64. The molecule has 1 heterocycles. The largest absolute Gasteiger partial charge is 0.464 e. The lowest BCUT2D eigenvalue weighted by Crippen LogP contribution is -2.55. The number of imidazole rings is 1. The van der Waals surface area contributed by atoms with Gasteiger partial charge in [-0.25, -0.2) is 9.78 Å². The van der Waals surface area contributed by atoms with Gasteiger partial charge >= 0.3 is 5.97 Å². The second-order valence-corrected chi connectivity index (χ2v) is 6.82. The number of ether oxygens (including phenoxy) is 1. The van der Waals surface area contributed by atoms with Gasteiger partial charge in [0.2, 0.25) is 5.91 Å². The van der Waals surface area contributed by atoms with Crippen LogP contribution in [0.1, 0.15) is 19.4 Å². The number of thioether (sulfide) groups is 1. The number of nitrogens with zero attached hydrogens (tertiary/aromatic N) is 2. The number of hydrogen-bond donors (Lipinski definition) is 1. The van der Waals surface area contributed by atoms with Crippen molar-refractivity contribution in [2.24, 2.45) is 7.05 Å². The Morgan fingerprint density at radius 3 is 2.64 bits per heavy atom. The topological polar surface area (TPSA) is 73.2 Å². The number of benzene rings is 1. The van der Waals surface area contributed by atoms with Crippen molar-refractivity contribution in [1.29, 1.82) is 0 Å². The lowest BCUT2D eigenvalue weighted by Gasteiger charge is -2.28. The number of amides is 1. The number of carbonyl (C=O) groups is 2. The van der Waals surface area contributed by atoms with Gasteiger partial charge in [0.05, 0.1) is 12.4 Å². The fourth-order valence-electron chi connectivity index (χ4n) is 2.43. The first kappa shape index (κ1) is 19.1. The maximum absolute atomic E-state index is 12.4. The van der Waals surface area contributed by atoms with Gasteiger partial charge in [-0.15, -0.1) is 0 Å². The van der Waals surface area contributed by atoms with E-state index in [9.17, 15) is 9.59 Å². The number of carbonyl (C=O) groups excluding carboxylic acids is 2. The summed E-state index contributed by atoms with van der Waals surface area (Å²) in [7, 11) is 1.87. The average Bonchev–Trinajstić information content (AvgIpc) is 2.99. The minimum absolute atomic E-state index is 0.175. The molecule has 1 aromatic carbocycles. The van der Waals surface area contributed by atoms with Crippen molar-refractivity contribution >= 4 is 23.6 Å². The first-order valence-corrected chi connectivity index (χ1v) is 9.05. The van der Waals surface area contributed by atoms with Crippen molar-refractivity contribution in [2.75, 3.05) is 12.4 Å². The Morgan fingerprint density at radius 1 is 1.32 bits per heavy atom. The van der Waals surface area contributed by atoms with E-state index in [2.05, 4.69) is 10.3 Å². The summed E-state index contributed by atoms with van der Waals surface area (Å²) in [4.78, 5) is 29.0. The van der Waals surface area contributed by atoms with Crippen LogP contribution in [0.15, 0.2) is 47.9 Å². The van der Waals surface area contributed by atoms with Crippen LogP contribution in [-0.4, -0.2) is 39.3 Å². The van der Waals surface area contributed by atoms with E-state index in [1.165, 1.54) is 11.8 Å². The first-order valence-electron chi connectivity index (χ1n) is 8.07. The highest BCUT2D eigenvalue weighted by atomic mass is 32.2. The first-order chi connectivity index (χ1) is 11.9. The highest BCUT2D eigenvalue weighted by Crippen LogP contribution is 2.18. The zero-order valence-corrected chi connectivity index (χ0v) is 15.5. The SMILES string of the molecule is CCOC(=O)[C@@](C)(Cc1ccccc1)NC(=O)CSc1nccn1C. The molecule has 1 N–H and O–H groups in total. The molecule has 1 amide bonds. The van der Waals surface area contributed by atoms with E-state index in [1.807, 2.05) is 48.1 Å². The van der Waals surface area contributed by atoms with Crippen LogP contribution in [0.25, 0.3) is 0 Å². The summed E-state index contributed by atoms with van der Waals surface area (Å²) in [6.45, 7) is 3.71. The van der Waals surface area contributed by atoms with E-state index < -0.39 is 11.5 Å². The number of aryl methyl sites for hydroxylation is 1. The molecule has 0 bridgehead atoms. The summed E-state index contributed by atoms with van der Waals surface area (Å²) in [5.41, 5.74) is -0.161. The minimum Gasteiger partial charge on any atom is -0.464 e. The van der Waals surface area contributed by atoms with Crippen LogP contribution >= 0.6 is 11.8 Å². The molecule has 6 nitrogen and oxygen atoms in total. The molecule has 1 aromatic heterocycles. The Balaban J connectivity index is 2.05. The molecular formula is C18H23N3O3S. The average molecular weight is 361 g/mol. The Bertz CT molecular complexity index is 717. The van der Waals surface area contributed by atoms with Crippen LogP contribution in [0.3, 0.4) is 0 Å². The molecule has 0 spiro atoms. The lowest BCUT2D eigenvalue weighted by molar-refractivity contribution is -0.152. The molecule has 0 fully saturated rings. The Morgan fingerprint density at radius 2 is 2.04 bits per heavy atom. The highest BCUT2D eigenvalue weighted by Gasteiger charge is 2.36. The molecule has 7 heteroatoms. The smallest absolute Gasteiger partial charge is 0.331 e. The summed E-state index contributed by atoms with van der Waals surface area (Å²) in [5, 5.41) is 3.58. The van der Waals surface area contributed by atoms with Gasteiger partial charge in [0.25, 0.3) is 0 Å². The van der Waals surface area contributed by atoms with Crippen molar-refractivity contribution in [3.63, 3.8) is 0 Å². The number of esters is 1. The van der Waals surface area contributed by atoms with Gasteiger partial charge < -0.3 is 14.6 Å². The molecule has 0 saturated heterocycles. The highest BCUT2D eigenvalue weighted by molar-refractivity contribution is 7.99. The molecule has 1 atom stereocenters. The standard InChI is InChI=1S/C18H23N3O3S/c1-4-24-16(23)18(2,12-14-8-6-5-7-9-14)20-15(22)13-25-17-19-10-11-21(17)3/h5-11H,4,12-13H2,1-3H3,(H,20,22)/t18-/m1/s1. The van der Waals surface area contributed by atoms with Gasteiger partial charge in [0, 0.05) is 25.9 Å². The summed E-state index contributed by atoms with van der Waals surface area (Å²) in [6.07, 6.45) is 3.86. The van der Waals surface area contributed by atoms with E-state index >= 15 is 0 Å². The molecule has 0 unspecified atom stereocenters. The molecule has 0 aliphatic rings. The molecule has 0 aliphatic carbocycles. The number of rotatable bonds is 8. The zero-order chi connectivity index (χ0) is 18.3. The monoisotopic (exact) mass is 361 g/mol. The predicted molar refractivity (Wildman–Crippen MR) is 97.3 cm³/mol. The minimum atomic E-state index is -1.11. The van der Waals surface area contributed by atoms with Crippen molar-refractivity contribution in [3.8, 4) is 0 Å². The molecule has 134 valence electrons. The van der Waals surface area contributed by atoms with Crippen LogP contribution < -0.4 is 5.32 Å². The van der Waals surface area contributed by atoms with Gasteiger partial charge in [-0.05, 0) is 19.4 Å². The van der Waals surface area contributed by atoms with Crippen LogP contribution in [-0.2, 0) is 27.8 Å². The van der Waals surface area contributed by atoms with Gasteiger partial charge in [-0.3, -0.25) is 4.79 Å². The molecular weight excluding hydrogens is 338 g/mol. The van der Waals surface area contributed by atoms with Crippen molar-refractivity contribution in [2.45, 2.75) is 31.0 Å². The molecule has 0 radical (unpaired) electrons. The van der Waals surface area contributed by atoms with Crippen LogP contribution in [0.2, 0.25) is 0 Å². The van der Waals surface area contributed by atoms with Gasteiger partial charge in [0.1, 0.15) is 5.54 Å². The number of hydrogen-bond acceptors (Lipinski definition) is 5. The van der Waals surface area contributed by atoms with E-state index in [1.54, 1.807) is 20.0 Å². The van der Waals surface area contributed by atoms with E-state index in [-0.39, 0.29) is 18.3 Å². The van der Waals surface area contributed by atoms with Gasteiger partial charge in [0.15, 0.2) is 5.16 Å². The molecule has 2 aromatic rings. The van der Waals surface area contributed by atoms with E-state index in [4.69, 9.17) is 4.74 Å². The summed E-state index contributed by atoms with van der Waals surface area (Å²) in [5.74, 6) is -0.497. The van der Waals surface area contributed by atoms with Gasteiger partial charge in [-0.1, -0.05) is 42.1 Å². The van der Waals surface area contributed by atoms with Crippen molar-refractivity contribution < 1.29 is 14.3 Å². The molecule has 25 heavy (non-hydrogen) atoms. The van der Waals surface area contributed by atoms with Crippen LogP contribution in [0.5, 0.6) is 0 Å².